The smallest absolute Gasteiger partial charge is 0.341 e. The fourth-order valence-electron chi connectivity index (χ4n) is 1.23. The van der Waals surface area contributed by atoms with Crippen LogP contribution in [0.1, 0.15) is 15.4 Å². The molecule has 0 aliphatic heterocycles. The number of nitrogens with two attached hydrogens (primary N) is 1. The molecule has 0 amide bonds. The summed E-state index contributed by atoms with van der Waals surface area (Å²) in [7, 11) is 0. The molecule has 0 saturated heterocycles. The number of nitrogens with zero attached hydrogens (tertiary/aromatic N) is 1. The van der Waals surface area contributed by atoms with Gasteiger partial charge < -0.3 is 10.5 Å². The zero-order valence-corrected chi connectivity index (χ0v) is 9.54. The number of nitrogen functional groups attached to an aromatic ring is 1. The van der Waals surface area contributed by atoms with Gasteiger partial charge in [0.2, 0.25) is 0 Å². The first-order valence-electron chi connectivity index (χ1n) is 4.77. The average molecular weight is 252 g/mol. The number of rotatable bonds is 3. The Labute approximate surface area is 101 Å². The number of anilines is 1. The first-order valence-corrected chi connectivity index (χ1v) is 5.65. The van der Waals surface area contributed by atoms with Crippen molar-refractivity contribution in [3.63, 3.8) is 0 Å². The van der Waals surface area contributed by atoms with E-state index in [0.29, 0.717) is 5.01 Å². The Morgan fingerprint density at radius 1 is 1.53 bits per heavy atom. The summed E-state index contributed by atoms with van der Waals surface area (Å²) in [5.41, 5.74) is 5.51. The summed E-state index contributed by atoms with van der Waals surface area (Å²) in [6.07, 6.45) is 1.61. The van der Waals surface area contributed by atoms with E-state index >= 15 is 0 Å². The fourth-order valence-corrected chi connectivity index (χ4v) is 1.75. The Kier molecular flexibility index (Phi) is 3.34. The predicted octanol–water partition coefficient (Wildman–Crippen LogP) is 2.22. The Hall–Kier alpha value is -1.95. The van der Waals surface area contributed by atoms with Gasteiger partial charge in [-0.25, -0.2) is 14.2 Å². The van der Waals surface area contributed by atoms with E-state index < -0.39 is 11.8 Å². The molecule has 0 aliphatic carbocycles. The van der Waals surface area contributed by atoms with Crippen molar-refractivity contribution in [2.45, 2.75) is 6.61 Å². The van der Waals surface area contributed by atoms with Crippen LogP contribution in [0.3, 0.4) is 0 Å². The molecule has 17 heavy (non-hydrogen) atoms. The van der Waals surface area contributed by atoms with Gasteiger partial charge in [0.15, 0.2) is 0 Å². The molecule has 0 saturated carbocycles. The van der Waals surface area contributed by atoms with Gasteiger partial charge in [-0.1, -0.05) is 0 Å². The van der Waals surface area contributed by atoms with Gasteiger partial charge in [0.1, 0.15) is 17.4 Å². The lowest BCUT2D eigenvalue weighted by molar-refractivity contribution is 0.0467. The molecule has 2 aromatic rings. The molecule has 88 valence electrons. The van der Waals surface area contributed by atoms with E-state index in [1.807, 2.05) is 0 Å². The Bertz CT molecular complexity index is 528. The Balaban J connectivity index is 2.04. The van der Waals surface area contributed by atoms with Gasteiger partial charge in [-0.2, -0.15) is 0 Å². The van der Waals surface area contributed by atoms with Gasteiger partial charge >= 0.3 is 5.97 Å². The maximum Gasteiger partial charge on any atom is 0.341 e. The topological polar surface area (TPSA) is 65.2 Å². The molecule has 1 aromatic carbocycles. The summed E-state index contributed by atoms with van der Waals surface area (Å²) in [6, 6.07) is 3.83. The van der Waals surface area contributed by atoms with Gasteiger partial charge in [-0.15, -0.1) is 11.3 Å². The number of hydrogen-bond donors (Lipinski definition) is 1. The van der Waals surface area contributed by atoms with Gasteiger partial charge in [0, 0.05) is 17.3 Å². The molecule has 0 bridgehead atoms. The minimum atomic E-state index is -0.724. The standard InChI is InChI=1S/C11H9FN2O2S/c12-9-5-7(13)1-2-8(9)11(15)16-6-10-14-3-4-17-10/h1-5H,6,13H2. The van der Waals surface area contributed by atoms with Crippen LogP contribution in [0.2, 0.25) is 0 Å². The van der Waals surface area contributed by atoms with Crippen molar-refractivity contribution in [2.75, 3.05) is 5.73 Å². The number of ether oxygens (including phenoxy) is 1. The maximum atomic E-state index is 13.4. The maximum absolute atomic E-state index is 13.4. The van der Waals surface area contributed by atoms with E-state index in [9.17, 15) is 9.18 Å². The zero-order chi connectivity index (χ0) is 12.3. The molecule has 2 N–H and O–H groups in total. The molecular formula is C11H9FN2O2S. The third-order valence-corrected chi connectivity index (χ3v) is 2.78. The highest BCUT2D eigenvalue weighted by Crippen LogP contribution is 2.14. The second-order valence-electron chi connectivity index (χ2n) is 3.24. The molecule has 6 heteroatoms. The van der Waals surface area contributed by atoms with E-state index in [1.165, 1.54) is 23.5 Å². The summed E-state index contributed by atoms with van der Waals surface area (Å²) >= 11 is 1.36. The van der Waals surface area contributed by atoms with Crippen molar-refractivity contribution < 1.29 is 13.9 Å². The van der Waals surface area contributed by atoms with Crippen molar-refractivity contribution in [2.24, 2.45) is 0 Å². The van der Waals surface area contributed by atoms with Crippen LogP contribution in [-0.2, 0) is 11.3 Å². The van der Waals surface area contributed by atoms with Crippen LogP contribution in [0, 0.1) is 5.82 Å². The highest BCUT2D eigenvalue weighted by atomic mass is 32.1. The lowest BCUT2D eigenvalue weighted by Gasteiger charge is -2.04. The number of halogens is 1. The van der Waals surface area contributed by atoms with Gasteiger partial charge in [0.05, 0.1) is 5.56 Å². The largest absolute Gasteiger partial charge is 0.455 e. The quantitative estimate of drug-likeness (QED) is 0.672. The van der Waals surface area contributed by atoms with Crippen LogP contribution in [0.5, 0.6) is 0 Å². The van der Waals surface area contributed by atoms with Crippen molar-refractivity contribution in [3.8, 4) is 0 Å². The molecule has 4 nitrogen and oxygen atoms in total. The SMILES string of the molecule is Nc1ccc(C(=O)OCc2nccs2)c(F)c1. The van der Waals surface area contributed by atoms with E-state index in [4.69, 9.17) is 10.5 Å². The third kappa shape index (κ3) is 2.79. The number of hydrogen-bond acceptors (Lipinski definition) is 5. The van der Waals surface area contributed by atoms with Crippen LogP contribution in [0.4, 0.5) is 10.1 Å². The van der Waals surface area contributed by atoms with Crippen LogP contribution in [-0.4, -0.2) is 11.0 Å². The van der Waals surface area contributed by atoms with Gasteiger partial charge in [0.25, 0.3) is 0 Å². The van der Waals surface area contributed by atoms with Crippen LogP contribution in [0.15, 0.2) is 29.8 Å². The number of carbonyl (C=O) groups is 1. The summed E-state index contributed by atoms with van der Waals surface area (Å²) in [4.78, 5) is 15.5. The number of esters is 1. The van der Waals surface area contributed by atoms with Crippen molar-refractivity contribution in [1.29, 1.82) is 0 Å². The minimum absolute atomic E-state index is 0.0420. The second kappa shape index (κ2) is 4.92. The first-order chi connectivity index (χ1) is 8.16. The second-order valence-corrected chi connectivity index (χ2v) is 4.22. The highest BCUT2D eigenvalue weighted by molar-refractivity contribution is 7.09. The van der Waals surface area contributed by atoms with E-state index in [-0.39, 0.29) is 17.9 Å². The van der Waals surface area contributed by atoms with Crippen LogP contribution < -0.4 is 5.73 Å². The highest BCUT2D eigenvalue weighted by Gasteiger charge is 2.13. The zero-order valence-electron chi connectivity index (χ0n) is 8.72. The molecular weight excluding hydrogens is 243 g/mol. The van der Waals surface area contributed by atoms with Crippen molar-refractivity contribution >= 4 is 23.0 Å². The molecule has 0 atom stereocenters. The first kappa shape index (κ1) is 11.5. The molecule has 1 aromatic heterocycles. The van der Waals surface area contributed by atoms with Crippen molar-refractivity contribution in [3.05, 3.63) is 46.2 Å². The summed E-state index contributed by atoms with van der Waals surface area (Å²) in [6.45, 7) is 0.0420. The van der Waals surface area contributed by atoms with E-state index in [0.717, 1.165) is 6.07 Å². The monoisotopic (exact) mass is 252 g/mol. The lowest BCUT2D eigenvalue weighted by Crippen LogP contribution is -2.07. The summed E-state index contributed by atoms with van der Waals surface area (Å²) < 4.78 is 18.3. The molecule has 0 fully saturated rings. The summed E-state index contributed by atoms with van der Waals surface area (Å²) in [5.74, 6) is -1.41. The fraction of sp³-hybridized carbons (Fsp3) is 0.0909. The van der Waals surface area contributed by atoms with Crippen LogP contribution >= 0.6 is 11.3 Å². The molecule has 0 radical (unpaired) electrons. The number of aromatic nitrogens is 1. The minimum Gasteiger partial charge on any atom is -0.455 e. The third-order valence-electron chi connectivity index (χ3n) is 2.02. The van der Waals surface area contributed by atoms with Crippen molar-refractivity contribution in [1.82, 2.24) is 4.98 Å². The van der Waals surface area contributed by atoms with Crippen LogP contribution in [0.25, 0.3) is 0 Å². The summed E-state index contributed by atoms with van der Waals surface area (Å²) in [5, 5.41) is 2.43. The van der Waals surface area contributed by atoms with Gasteiger partial charge in [-0.3, -0.25) is 0 Å². The molecule has 0 unspecified atom stereocenters. The predicted molar refractivity (Wildman–Crippen MR) is 62.0 cm³/mol. The molecule has 2 rings (SSSR count). The Morgan fingerprint density at radius 2 is 2.35 bits per heavy atom. The van der Waals surface area contributed by atoms with E-state index in [1.54, 1.807) is 11.6 Å². The molecule has 0 spiro atoms. The molecule has 1 heterocycles. The normalized spacial score (nSPS) is 10.2. The number of thiazole rings is 1. The molecule has 0 aliphatic rings. The Morgan fingerprint density at radius 3 is 3.00 bits per heavy atom. The van der Waals surface area contributed by atoms with Gasteiger partial charge in [-0.05, 0) is 18.2 Å². The average Bonchev–Trinajstić information content (AvgIpc) is 2.78. The lowest BCUT2D eigenvalue weighted by atomic mass is 10.2. The van der Waals surface area contributed by atoms with E-state index in [2.05, 4.69) is 4.98 Å². The number of carbonyl (C=O) groups excluding carboxylic acids is 1. The number of benzene rings is 1.